The van der Waals surface area contributed by atoms with Gasteiger partial charge < -0.3 is 9.84 Å². The Labute approximate surface area is 113 Å². The average molecular weight is 261 g/mol. The number of ether oxygens (including phenoxy) is 1. The normalized spacial score (nSPS) is 20.8. The van der Waals surface area contributed by atoms with Crippen LogP contribution in [0, 0.1) is 0 Å². The third-order valence-corrected chi connectivity index (χ3v) is 3.26. The zero-order valence-corrected chi connectivity index (χ0v) is 11.1. The van der Waals surface area contributed by atoms with Gasteiger partial charge in [0.05, 0.1) is 13.2 Å². The van der Waals surface area contributed by atoms with Crippen molar-refractivity contribution in [3.8, 4) is 0 Å². The van der Waals surface area contributed by atoms with Crippen LogP contribution in [0.1, 0.15) is 18.1 Å². The summed E-state index contributed by atoms with van der Waals surface area (Å²) < 4.78 is 5.42. The molecule has 1 fully saturated rings. The van der Waals surface area contributed by atoms with Crippen molar-refractivity contribution in [2.24, 2.45) is 0 Å². The second kappa shape index (κ2) is 6.50. The van der Waals surface area contributed by atoms with Crippen LogP contribution in [-0.4, -0.2) is 41.8 Å². The molecule has 0 aliphatic carbocycles. The van der Waals surface area contributed by atoms with Gasteiger partial charge in [-0.1, -0.05) is 24.3 Å². The molecule has 4 nitrogen and oxygen atoms in total. The fraction of sp³-hybridized carbons (Fsp3) is 0.400. The van der Waals surface area contributed by atoms with Crippen LogP contribution in [-0.2, 0) is 16.1 Å². The minimum absolute atomic E-state index is 0.423. The molecule has 0 amide bonds. The molecule has 19 heavy (non-hydrogen) atoms. The quantitative estimate of drug-likeness (QED) is 0.842. The van der Waals surface area contributed by atoms with Crippen LogP contribution >= 0.6 is 0 Å². The molecule has 1 aliphatic heterocycles. The van der Waals surface area contributed by atoms with Crippen molar-refractivity contribution in [3.63, 3.8) is 0 Å². The van der Waals surface area contributed by atoms with Gasteiger partial charge in [-0.2, -0.15) is 0 Å². The lowest BCUT2D eigenvalue weighted by Crippen LogP contribution is -2.42. The number of nitrogens with zero attached hydrogens (tertiary/aromatic N) is 1. The first kappa shape index (κ1) is 13.8. The molecule has 2 rings (SSSR count). The molecular formula is C15H19NO3. The lowest BCUT2D eigenvalue weighted by Gasteiger charge is -2.33. The van der Waals surface area contributed by atoms with Crippen LogP contribution in [0.3, 0.4) is 0 Å². The zero-order chi connectivity index (χ0) is 13.7. The van der Waals surface area contributed by atoms with Crippen molar-refractivity contribution in [1.82, 2.24) is 4.90 Å². The van der Waals surface area contributed by atoms with Gasteiger partial charge in [-0.25, -0.2) is 4.79 Å². The van der Waals surface area contributed by atoms with E-state index >= 15 is 0 Å². The van der Waals surface area contributed by atoms with E-state index in [1.807, 2.05) is 18.2 Å². The van der Waals surface area contributed by atoms with Crippen molar-refractivity contribution < 1.29 is 14.6 Å². The summed E-state index contributed by atoms with van der Waals surface area (Å²) >= 11 is 0. The molecule has 102 valence electrons. The van der Waals surface area contributed by atoms with E-state index in [-0.39, 0.29) is 0 Å². The van der Waals surface area contributed by atoms with Crippen LogP contribution in [0.5, 0.6) is 0 Å². The van der Waals surface area contributed by atoms with E-state index in [4.69, 9.17) is 9.84 Å². The maximum Gasteiger partial charge on any atom is 0.328 e. The Bertz CT molecular complexity index is 470. The van der Waals surface area contributed by atoms with E-state index < -0.39 is 5.97 Å². The fourth-order valence-electron chi connectivity index (χ4n) is 2.19. The molecular weight excluding hydrogens is 242 g/mol. The first-order valence-electron chi connectivity index (χ1n) is 6.47. The summed E-state index contributed by atoms with van der Waals surface area (Å²) in [6.45, 7) is 5.53. The minimum Gasteiger partial charge on any atom is -0.478 e. The van der Waals surface area contributed by atoms with Crippen LogP contribution in [0.15, 0.2) is 30.3 Å². The minimum atomic E-state index is -0.924. The van der Waals surface area contributed by atoms with E-state index in [0.717, 1.165) is 37.9 Å². The van der Waals surface area contributed by atoms with Gasteiger partial charge in [0.1, 0.15) is 0 Å². The molecule has 1 aromatic rings. The lowest BCUT2D eigenvalue weighted by atomic mass is 10.1. The maximum absolute atomic E-state index is 10.5. The van der Waals surface area contributed by atoms with Gasteiger partial charge in [0.2, 0.25) is 0 Å². The van der Waals surface area contributed by atoms with Gasteiger partial charge >= 0.3 is 5.97 Å². The first-order valence-corrected chi connectivity index (χ1v) is 6.47. The molecule has 0 aromatic heterocycles. The predicted molar refractivity (Wildman–Crippen MR) is 73.8 cm³/mol. The van der Waals surface area contributed by atoms with Gasteiger partial charge in [-0.05, 0) is 24.1 Å². The third-order valence-electron chi connectivity index (χ3n) is 3.26. The Balaban J connectivity index is 2.04. The second-order valence-electron chi connectivity index (χ2n) is 4.81. The van der Waals surface area contributed by atoms with E-state index in [1.54, 1.807) is 6.08 Å². The molecule has 1 saturated heterocycles. The van der Waals surface area contributed by atoms with Crippen molar-refractivity contribution in [2.45, 2.75) is 19.5 Å². The van der Waals surface area contributed by atoms with Crippen LogP contribution in [0.2, 0.25) is 0 Å². The van der Waals surface area contributed by atoms with Gasteiger partial charge in [0.25, 0.3) is 0 Å². The van der Waals surface area contributed by atoms with Crippen molar-refractivity contribution in [2.75, 3.05) is 19.8 Å². The Morgan fingerprint density at radius 1 is 1.58 bits per heavy atom. The van der Waals surface area contributed by atoms with Gasteiger partial charge in [-0.3, -0.25) is 4.90 Å². The highest BCUT2D eigenvalue weighted by Gasteiger charge is 2.18. The molecule has 1 aliphatic rings. The lowest BCUT2D eigenvalue weighted by molar-refractivity contribution is -0.131. The number of aliphatic carboxylic acids is 1. The topological polar surface area (TPSA) is 49.8 Å². The third kappa shape index (κ3) is 4.19. The zero-order valence-electron chi connectivity index (χ0n) is 11.1. The summed E-state index contributed by atoms with van der Waals surface area (Å²) in [7, 11) is 0. The Morgan fingerprint density at radius 2 is 2.42 bits per heavy atom. The van der Waals surface area contributed by atoms with Crippen molar-refractivity contribution >= 4 is 12.0 Å². The standard InChI is InChI=1S/C15H19NO3/c1-12-11-19-8-7-16(12)10-14-4-2-3-13(9-14)5-6-15(17)18/h2-6,9,12H,7-8,10-11H2,1H3,(H,17,18)/b6-5+. The van der Waals surface area contributed by atoms with E-state index in [9.17, 15) is 4.79 Å². The highest BCUT2D eigenvalue weighted by Crippen LogP contribution is 2.14. The summed E-state index contributed by atoms with van der Waals surface area (Å²) in [5.74, 6) is -0.924. The van der Waals surface area contributed by atoms with Gasteiger partial charge in [-0.15, -0.1) is 0 Å². The van der Waals surface area contributed by atoms with Gasteiger partial charge in [0, 0.05) is 25.2 Å². The number of carboxylic acids is 1. The number of benzene rings is 1. The predicted octanol–water partition coefficient (Wildman–Crippen LogP) is 2.01. The monoisotopic (exact) mass is 261 g/mol. The van der Waals surface area contributed by atoms with Crippen molar-refractivity contribution in [1.29, 1.82) is 0 Å². The molecule has 1 unspecified atom stereocenters. The summed E-state index contributed by atoms with van der Waals surface area (Å²) in [4.78, 5) is 12.9. The number of morpholine rings is 1. The number of carboxylic acid groups (broad SMARTS) is 1. The second-order valence-corrected chi connectivity index (χ2v) is 4.81. The molecule has 1 heterocycles. The molecule has 0 bridgehead atoms. The van der Waals surface area contributed by atoms with Gasteiger partial charge in [0.15, 0.2) is 0 Å². The molecule has 4 heteroatoms. The summed E-state index contributed by atoms with van der Waals surface area (Å²) in [5.41, 5.74) is 2.11. The summed E-state index contributed by atoms with van der Waals surface area (Å²) in [6, 6.07) is 8.39. The SMILES string of the molecule is CC1COCCN1Cc1cccc(/C=C/C(=O)O)c1. The molecule has 0 radical (unpaired) electrons. The fourth-order valence-corrected chi connectivity index (χ4v) is 2.19. The smallest absolute Gasteiger partial charge is 0.328 e. The highest BCUT2D eigenvalue weighted by molar-refractivity contribution is 5.85. The summed E-state index contributed by atoms with van der Waals surface area (Å²) in [5, 5.41) is 8.63. The largest absolute Gasteiger partial charge is 0.478 e. The number of carbonyl (C=O) groups is 1. The van der Waals surface area contributed by atoms with Crippen LogP contribution in [0.4, 0.5) is 0 Å². The molecule has 1 N–H and O–H groups in total. The number of hydrogen-bond acceptors (Lipinski definition) is 3. The first-order chi connectivity index (χ1) is 9.15. The molecule has 1 aromatic carbocycles. The molecule has 1 atom stereocenters. The van der Waals surface area contributed by atoms with Crippen LogP contribution < -0.4 is 0 Å². The van der Waals surface area contributed by atoms with Crippen molar-refractivity contribution in [3.05, 3.63) is 41.5 Å². The van der Waals surface area contributed by atoms with E-state index in [0.29, 0.717) is 6.04 Å². The summed E-state index contributed by atoms with van der Waals surface area (Å²) in [6.07, 6.45) is 2.78. The Kier molecular flexibility index (Phi) is 4.71. The Hall–Kier alpha value is -1.65. The Morgan fingerprint density at radius 3 is 3.16 bits per heavy atom. The van der Waals surface area contributed by atoms with Crippen LogP contribution in [0.25, 0.3) is 6.08 Å². The molecule has 0 spiro atoms. The average Bonchev–Trinajstić information content (AvgIpc) is 2.40. The number of hydrogen-bond donors (Lipinski definition) is 1. The maximum atomic E-state index is 10.5. The number of rotatable bonds is 4. The van der Waals surface area contributed by atoms with E-state index in [2.05, 4.69) is 17.9 Å². The highest BCUT2D eigenvalue weighted by atomic mass is 16.5. The molecule has 0 saturated carbocycles. The van der Waals surface area contributed by atoms with E-state index in [1.165, 1.54) is 5.56 Å².